The van der Waals surface area contributed by atoms with E-state index in [1.807, 2.05) is 6.07 Å². The molecular weight excluding hydrogens is 196 g/mol. The Morgan fingerprint density at radius 3 is 2.53 bits per heavy atom. The maximum atomic E-state index is 10.3. The summed E-state index contributed by atoms with van der Waals surface area (Å²) in [6.07, 6.45) is 1.48. The number of nitro benzene ring substituents is 1. The molecule has 76 valence electrons. The van der Waals surface area contributed by atoms with Gasteiger partial charge >= 0.3 is 0 Å². The predicted molar refractivity (Wildman–Crippen MR) is 53.8 cm³/mol. The number of nitro groups is 1. The fraction of sp³-hybridized carbons (Fsp3) is 0.100. The van der Waals surface area contributed by atoms with Gasteiger partial charge in [0.1, 0.15) is 0 Å². The molecule has 0 saturated heterocycles. The normalized spacial score (nSPS) is 10.8. The molecule has 0 amide bonds. The van der Waals surface area contributed by atoms with E-state index in [0.29, 0.717) is 5.56 Å². The minimum absolute atomic E-state index is 0.00495. The van der Waals surface area contributed by atoms with Gasteiger partial charge < -0.3 is 5.11 Å². The van der Waals surface area contributed by atoms with Crippen molar-refractivity contribution in [2.75, 3.05) is 6.61 Å². The van der Waals surface area contributed by atoms with Crippen molar-refractivity contribution in [3.05, 3.63) is 45.5 Å². The van der Waals surface area contributed by atoms with Crippen LogP contribution in [-0.4, -0.2) is 16.6 Å². The number of nitriles is 1. The Hall–Kier alpha value is -2.19. The lowest BCUT2D eigenvalue weighted by molar-refractivity contribution is -0.384. The van der Waals surface area contributed by atoms with Crippen LogP contribution in [0.3, 0.4) is 0 Å². The summed E-state index contributed by atoms with van der Waals surface area (Å²) in [6.45, 7) is -0.340. The first-order valence-electron chi connectivity index (χ1n) is 4.13. The molecule has 0 aromatic heterocycles. The molecule has 0 unspecified atom stereocenters. The zero-order valence-corrected chi connectivity index (χ0v) is 7.75. The van der Waals surface area contributed by atoms with Gasteiger partial charge in [0.05, 0.1) is 23.2 Å². The van der Waals surface area contributed by atoms with Crippen LogP contribution in [0.25, 0.3) is 6.08 Å². The number of aliphatic hydroxyl groups excluding tert-OH is 1. The number of nitrogens with zero attached hydrogens (tertiary/aromatic N) is 2. The maximum Gasteiger partial charge on any atom is 0.269 e. The van der Waals surface area contributed by atoms with Crippen LogP contribution in [0.4, 0.5) is 5.69 Å². The van der Waals surface area contributed by atoms with Crippen molar-refractivity contribution in [1.82, 2.24) is 0 Å². The molecule has 1 aromatic rings. The highest BCUT2D eigenvalue weighted by atomic mass is 16.6. The first-order chi connectivity index (χ1) is 7.17. The van der Waals surface area contributed by atoms with Gasteiger partial charge in [-0.05, 0) is 23.8 Å². The zero-order chi connectivity index (χ0) is 11.3. The third-order valence-electron chi connectivity index (χ3n) is 1.76. The first-order valence-corrected chi connectivity index (χ1v) is 4.13. The molecule has 0 saturated carbocycles. The van der Waals surface area contributed by atoms with Crippen LogP contribution in [0, 0.1) is 21.4 Å². The quantitative estimate of drug-likeness (QED) is 0.459. The van der Waals surface area contributed by atoms with Gasteiger partial charge in [-0.15, -0.1) is 0 Å². The summed E-state index contributed by atoms with van der Waals surface area (Å²) in [5.74, 6) is 0. The van der Waals surface area contributed by atoms with E-state index in [-0.39, 0.29) is 17.9 Å². The van der Waals surface area contributed by atoms with Crippen LogP contribution in [0.2, 0.25) is 0 Å². The summed E-state index contributed by atoms with van der Waals surface area (Å²) in [6, 6.07) is 7.54. The lowest BCUT2D eigenvalue weighted by Crippen LogP contribution is -1.88. The predicted octanol–water partition coefficient (Wildman–Crippen LogP) is 1.49. The Bertz CT molecular complexity index is 429. The Morgan fingerprint density at radius 2 is 2.13 bits per heavy atom. The Labute approximate surface area is 86.0 Å². The Balaban J connectivity index is 2.95. The summed E-state index contributed by atoms with van der Waals surface area (Å²) < 4.78 is 0. The third-order valence-corrected chi connectivity index (χ3v) is 1.76. The van der Waals surface area contributed by atoms with Crippen molar-refractivity contribution in [3.63, 3.8) is 0 Å². The topological polar surface area (TPSA) is 87.2 Å². The van der Waals surface area contributed by atoms with Crippen LogP contribution in [0.5, 0.6) is 0 Å². The molecule has 0 fully saturated rings. The molecule has 0 aliphatic rings. The van der Waals surface area contributed by atoms with E-state index in [1.165, 1.54) is 30.3 Å². The lowest BCUT2D eigenvalue weighted by atomic mass is 10.1. The van der Waals surface area contributed by atoms with Crippen LogP contribution in [0.15, 0.2) is 29.8 Å². The van der Waals surface area contributed by atoms with Crippen LogP contribution < -0.4 is 0 Å². The standard InChI is InChI=1S/C10H8N2O3/c11-6-9(7-13)5-8-1-3-10(4-2-8)12(14)15/h1-5,13H,7H2/b9-5+. The van der Waals surface area contributed by atoms with Gasteiger partial charge in [0.25, 0.3) is 5.69 Å². The lowest BCUT2D eigenvalue weighted by Gasteiger charge is -1.95. The van der Waals surface area contributed by atoms with Gasteiger partial charge in [0.15, 0.2) is 0 Å². The second-order valence-corrected chi connectivity index (χ2v) is 2.79. The van der Waals surface area contributed by atoms with Crippen LogP contribution in [-0.2, 0) is 0 Å². The number of aliphatic hydroxyl groups is 1. The van der Waals surface area contributed by atoms with Crippen molar-refractivity contribution in [1.29, 1.82) is 5.26 Å². The number of hydrogen-bond donors (Lipinski definition) is 1. The molecule has 5 nitrogen and oxygen atoms in total. The molecular formula is C10H8N2O3. The molecule has 15 heavy (non-hydrogen) atoms. The fourth-order valence-electron chi connectivity index (χ4n) is 1.01. The highest BCUT2D eigenvalue weighted by Crippen LogP contribution is 2.13. The van der Waals surface area contributed by atoms with Gasteiger partial charge in [-0.25, -0.2) is 0 Å². The van der Waals surface area contributed by atoms with E-state index in [4.69, 9.17) is 10.4 Å². The number of hydrogen-bond acceptors (Lipinski definition) is 4. The summed E-state index contributed by atoms with van der Waals surface area (Å²) in [5, 5.41) is 27.6. The Kier molecular flexibility index (Phi) is 3.55. The Morgan fingerprint density at radius 1 is 1.53 bits per heavy atom. The summed E-state index contributed by atoms with van der Waals surface area (Å²) in [7, 11) is 0. The van der Waals surface area contributed by atoms with Gasteiger partial charge in [0, 0.05) is 12.1 Å². The minimum Gasteiger partial charge on any atom is -0.391 e. The molecule has 0 heterocycles. The van der Waals surface area contributed by atoms with Crippen molar-refractivity contribution in [2.24, 2.45) is 0 Å². The molecule has 1 N–H and O–H groups in total. The molecule has 5 heteroatoms. The van der Waals surface area contributed by atoms with Crippen LogP contribution >= 0.6 is 0 Å². The van der Waals surface area contributed by atoms with Gasteiger partial charge in [0.2, 0.25) is 0 Å². The minimum atomic E-state index is -0.495. The third kappa shape index (κ3) is 2.90. The number of rotatable bonds is 3. The second-order valence-electron chi connectivity index (χ2n) is 2.79. The van der Waals surface area contributed by atoms with E-state index in [2.05, 4.69) is 0 Å². The fourth-order valence-corrected chi connectivity index (χ4v) is 1.01. The SMILES string of the molecule is N#C/C(=C\c1ccc([N+](=O)[O-])cc1)CO. The molecule has 1 rings (SSSR count). The smallest absolute Gasteiger partial charge is 0.269 e. The number of benzene rings is 1. The monoisotopic (exact) mass is 204 g/mol. The molecule has 0 bridgehead atoms. The molecule has 0 aliphatic carbocycles. The largest absolute Gasteiger partial charge is 0.391 e. The van der Waals surface area contributed by atoms with Gasteiger partial charge in [-0.3, -0.25) is 10.1 Å². The highest BCUT2D eigenvalue weighted by Gasteiger charge is 2.03. The molecule has 0 aliphatic heterocycles. The van der Waals surface area contributed by atoms with Crippen molar-refractivity contribution in [3.8, 4) is 6.07 Å². The van der Waals surface area contributed by atoms with E-state index in [0.717, 1.165) is 0 Å². The molecule has 1 aromatic carbocycles. The number of non-ortho nitro benzene ring substituents is 1. The summed E-state index contributed by atoms with van der Waals surface area (Å²) >= 11 is 0. The van der Waals surface area contributed by atoms with Crippen molar-refractivity contribution >= 4 is 11.8 Å². The maximum absolute atomic E-state index is 10.3. The van der Waals surface area contributed by atoms with E-state index >= 15 is 0 Å². The average molecular weight is 204 g/mol. The molecule has 0 atom stereocenters. The van der Waals surface area contributed by atoms with Gasteiger partial charge in [-0.1, -0.05) is 0 Å². The molecule has 0 radical (unpaired) electrons. The van der Waals surface area contributed by atoms with Crippen molar-refractivity contribution < 1.29 is 10.0 Å². The second kappa shape index (κ2) is 4.88. The van der Waals surface area contributed by atoms with Gasteiger partial charge in [-0.2, -0.15) is 5.26 Å². The first kappa shape index (κ1) is 10.9. The van der Waals surface area contributed by atoms with E-state index < -0.39 is 4.92 Å². The van der Waals surface area contributed by atoms with Crippen molar-refractivity contribution in [2.45, 2.75) is 0 Å². The zero-order valence-electron chi connectivity index (χ0n) is 7.75. The average Bonchev–Trinajstić information content (AvgIpc) is 2.26. The molecule has 0 spiro atoms. The van der Waals surface area contributed by atoms with Crippen LogP contribution in [0.1, 0.15) is 5.56 Å². The van der Waals surface area contributed by atoms with E-state index in [1.54, 1.807) is 0 Å². The summed E-state index contributed by atoms with van der Waals surface area (Å²) in [5.41, 5.74) is 0.852. The van der Waals surface area contributed by atoms with E-state index in [9.17, 15) is 10.1 Å². The highest BCUT2D eigenvalue weighted by molar-refractivity contribution is 5.58. The summed E-state index contributed by atoms with van der Waals surface area (Å²) in [4.78, 5) is 9.85.